The number of ether oxygens (including phenoxy) is 1. The minimum absolute atomic E-state index is 0.653. The highest BCUT2D eigenvalue weighted by atomic mass is 16.5. The van der Waals surface area contributed by atoms with Crippen molar-refractivity contribution in [3.63, 3.8) is 0 Å². The largest absolute Gasteiger partial charge is 0.497 e. The Labute approximate surface area is 111 Å². The molecule has 0 bridgehead atoms. The van der Waals surface area contributed by atoms with Crippen LogP contribution in [0.15, 0.2) is 18.2 Å². The lowest BCUT2D eigenvalue weighted by molar-refractivity contribution is 0.415. The molecule has 6 heteroatoms. The van der Waals surface area contributed by atoms with Crippen molar-refractivity contribution in [3.8, 4) is 17.1 Å². The normalized spacial score (nSPS) is 21.4. The molecule has 6 nitrogen and oxygen atoms in total. The Balaban J connectivity index is 1.95. The van der Waals surface area contributed by atoms with E-state index in [0.29, 0.717) is 17.4 Å². The molecule has 2 atom stereocenters. The van der Waals surface area contributed by atoms with Crippen LogP contribution in [0.5, 0.6) is 5.75 Å². The molecule has 1 aliphatic carbocycles. The van der Waals surface area contributed by atoms with Gasteiger partial charge in [0.05, 0.1) is 7.11 Å². The molecule has 1 fully saturated rings. The van der Waals surface area contributed by atoms with Crippen LogP contribution in [-0.2, 0) is 6.54 Å². The maximum atomic E-state index is 6.01. The number of anilines is 1. The SMILES string of the molecule is COc1ccc(N)c(-c2nnnn2CC2CC2C)c1. The molecule has 1 aromatic heterocycles. The third-order valence-electron chi connectivity index (χ3n) is 3.72. The number of nitrogens with two attached hydrogens (primary N) is 1. The molecule has 2 aromatic rings. The summed E-state index contributed by atoms with van der Waals surface area (Å²) in [5.41, 5.74) is 7.48. The molecule has 0 amide bonds. The van der Waals surface area contributed by atoms with Gasteiger partial charge >= 0.3 is 0 Å². The molecule has 0 radical (unpaired) electrons. The molecule has 0 aliphatic heterocycles. The molecular weight excluding hydrogens is 242 g/mol. The fourth-order valence-electron chi connectivity index (χ4n) is 2.25. The summed E-state index contributed by atoms with van der Waals surface area (Å²) >= 11 is 0. The second kappa shape index (κ2) is 4.53. The molecular formula is C13H17N5O. The summed E-state index contributed by atoms with van der Waals surface area (Å²) < 4.78 is 7.06. The predicted octanol–water partition coefficient (Wildman–Crippen LogP) is 1.59. The first kappa shape index (κ1) is 12.0. The molecule has 1 heterocycles. The Bertz CT molecular complexity index is 594. The van der Waals surface area contributed by atoms with Crippen LogP contribution >= 0.6 is 0 Å². The fraction of sp³-hybridized carbons (Fsp3) is 0.462. The number of aromatic nitrogens is 4. The lowest BCUT2D eigenvalue weighted by Gasteiger charge is -2.08. The van der Waals surface area contributed by atoms with Gasteiger partial charge in [-0.2, -0.15) is 0 Å². The van der Waals surface area contributed by atoms with Crippen molar-refractivity contribution in [3.05, 3.63) is 18.2 Å². The van der Waals surface area contributed by atoms with E-state index in [2.05, 4.69) is 22.4 Å². The van der Waals surface area contributed by atoms with Crippen LogP contribution in [0.3, 0.4) is 0 Å². The minimum atomic E-state index is 0.653. The van der Waals surface area contributed by atoms with Crippen molar-refractivity contribution in [1.82, 2.24) is 20.2 Å². The van der Waals surface area contributed by atoms with E-state index in [1.165, 1.54) is 6.42 Å². The van der Waals surface area contributed by atoms with Crippen LogP contribution in [0.2, 0.25) is 0 Å². The van der Waals surface area contributed by atoms with E-state index >= 15 is 0 Å². The summed E-state index contributed by atoms with van der Waals surface area (Å²) in [7, 11) is 1.63. The molecule has 2 N–H and O–H groups in total. The maximum Gasteiger partial charge on any atom is 0.184 e. The summed E-state index contributed by atoms with van der Waals surface area (Å²) in [6.07, 6.45) is 1.24. The number of methoxy groups -OCH3 is 1. The highest BCUT2D eigenvalue weighted by molar-refractivity contribution is 5.73. The zero-order chi connectivity index (χ0) is 13.4. The fourth-order valence-corrected chi connectivity index (χ4v) is 2.25. The van der Waals surface area contributed by atoms with Gasteiger partial charge in [-0.3, -0.25) is 0 Å². The first-order valence-corrected chi connectivity index (χ1v) is 6.39. The zero-order valence-electron chi connectivity index (χ0n) is 11.1. The van der Waals surface area contributed by atoms with Crippen molar-refractivity contribution >= 4 is 5.69 Å². The van der Waals surface area contributed by atoms with E-state index in [9.17, 15) is 0 Å². The van der Waals surface area contributed by atoms with Gasteiger partial charge in [-0.25, -0.2) is 4.68 Å². The number of hydrogen-bond donors (Lipinski definition) is 1. The molecule has 100 valence electrons. The van der Waals surface area contributed by atoms with Crippen LogP contribution < -0.4 is 10.5 Å². The highest BCUT2D eigenvalue weighted by Crippen LogP contribution is 2.39. The average Bonchev–Trinajstić information content (AvgIpc) is 2.90. The Morgan fingerprint density at radius 1 is 1.47 bits per heavy atom. The maximum absolute atomic E-state index is 6.01. The summed E-state index contributed by atoms with van der Waals surface area (Å²) in [4.78, 5) is 0. The number of benzene rings is 1. The second-order valence-corrected chi connectivity index (χ2v) is 5.11. The van der Waals surface area contributed by atoms with Gasteiger partial charge in [0.15, 0.2) is 5.82 Å². The Morgan fingerprint density at radius 3 is 2.95 bits per heavy atom. The summed E-state index contributed by atoms with van der Waals surface area (Å²) in [6.45, 7) is 3.09. The van der Waals surface area contributed by atoms with E-state index in [4.69, 9.17) is 10.5 Å². The van der Waals surface area contributed by atoms with Crippen LogP contribution in [0.25, 0.3) is 11.4 Å². The third-order valence-corrected chi connectivity index (χ3v) is 3.72. The standard InChI is InChI=1S/C13H17N5O/c1-8-5-9(8)7-18-13(15-16-17-18)11-6-10(19-2)3-4-12(11)14/h3-4,6,8-9H,5,7,14H2,1-2H3. The van der Waals surface area contributed by atoms with Gasteiger partial charge in [-0.15, -0.1) is 5.10 Å². The van der Waals surface area contributed by atoms with Crippen LogP contribution in [-0.4, -0.2) is 27.3 Å². The van der Waals surface area contributed by atoms with Gasteiger partial charge in [-0.05, 0) is 46.9 Å². The number of nitrogen functional groups attached to an aromatic ring is 1. The molecule has 0 spiro atoms. The summed E-state index contributed by atoms with van der Waals surface area (Å²) in [5.74, 6) is 2.89. The highest BCUT2D eigenvalue weighted by Gasteiger charge is 2.33. The molecule has 1 aromatic carbocycles. The quantitative estimate of drug-likeness (QED) is 0.843. The first-order valence-electron chi connectivity index (χ1n) is 6.39. The minimum Gasteiger partial charge on any atom is -0.497 e. The number of nitrogens with zero attached hydrogens (tertiary/aromatic N) is 4. The van der Waals surface area contributed by atoms with E-state index in [-0.39, 0.29) is 0 Å². The van der Waals surface area contributed by atoms with Crippen molar-refractivity contribution in [2.24, 2.45) is 11.8 Å². The third kappa shape index (κ3) is 2.25. The van der Waals surface area contributed by atoms with Crippen molar-refractivity contribution < 1.29 is 4.74 Å². The van der Waals surface area contributed by atoms with E-state index < -0.39 is 0 Å². The van der Waals surface area contributed by atoms with Crippen molar-refractivity contribution in [2.45, 2.75) is 19.9 Å². The molecule has 2 unspecified atom stereocenters. The molecule has 19 heavy (non-hydrogen) atoms. The van der Waals surface area contributed by atoms with Crippen LogP contribution in [0.1, 0.15) is 13.3 Å². The van der Waals surface area contributed by atoms with Gasteiger partial charge in [0.25, 0.3) is 0 Å². The molecule has 1 aliphatic rings. The smallest absolute Gasteiger partial charge is 0.184 e. The topological polar surface area (TPSA) is 78.8 Å². The Kier molecular flexibility index (Phi) is 2.85. The summed E-state index contributed by atoms with van der Waals surface area (Å²) in [5, 5.41) is 11.9. The number of rotatable bonds is 4. The number of tetrazole rings is 1. The zero-order valence-corrected chi connectivity index (χ0v) is 11.1. The Hall–Kier alpha value is -2.11. The summed E-state index contributed by atoms with van der Waals surface area (Å²) in [6, 6.07) is 5.51. The van der Waals surface area contributed by atoms with Crippen molar-refractivity contribution in [2.75, 3.05) is 12.8 Å². The van der Waals surface area contributed by atoms with Crippen LogP contribution in [0, 0.1) is 11.8 Å². The lowest BCUT2D eigenvalue weighted by Crippen LogP contribution is -2.06. The second-order valence-electron chi connectivity index (χ2n) is 5.11. The van der Waals surface area contributed by atoms with E-state index in [0.717, 1.165) is 23.8 Å². The van der Waals surface area contributed by atoms with Gasteiger partial charge in [0, 0.05) is 17.8 Å². The van der Waals surface area contributed by atoms with E-state index in [1.54, 1.807) is 7.11 Å². The predicted molar refractivity (Wildman–Crippen MR) is 71.5 cm³/mol. The Morgan fingerprint density at radius 2 is 2.26 bits per heavy atom. The lowest BCUT2D eigenvalue weighted by atomic mass is 10.1. The van der Waals surface area contributed by atoms with Crippen LogP contribution in [0.4, 0.5) is 5.69 Å². The first-order chi connectivity index (χ1) is 9.19. The van der Waals surface area contributed by atoms with Gasteiger partial charge < -0.3 is 10.5 Å². The monoisotopic (exact) mass is 259 g/mol. The van der Waals surface area contributed by atoms with Gasteiger partial charge in [-0.1, -0.05) is 6.92 Å². The van der Waals surface area contributed by atoms with E-state index in [1.807, 2.05) is 22.9 Å². The molecule has 3 rings (SSSR count). The van der Waals surface area contributed by atoms with Gasteiger partial charge in [0.1, 0.15) is 5.75 Å². The molecule has 0 saturated heterocycles. The average molecular weight is 259 g/mol. The van der Waals surface area contributed by atoms with Crippen molar-refractivity contribution in [1.29, 1.82) is 0 Å². The van der Waals surface area contributed by atoms with Gasteiger partial charge in [0.2, 0.25) is 0 Å². The number of hydrogen-bond acceptors (Lipinski definition) is 5. The molecule has 1 saturated carbocycles.